The van der Waals surface area contributed by atoms with Gasteiger partial charge in [-0.15, -0.1) is 0 Å². The van der Waals surface area contributed by atoms with E-state index in [-0.39, 0.29) is 11.7 Å². The van der Waals surface area contributed by atoms with E-state index in [0.29, 0.717) is 18.7 Å². The fraction of sp³-hybridized carbons (Fsp3) is 0.300. The molecule has 0 unspecified atom stereocenters. The fourth-order valence-corrected chi connectivity index (χ4v) is 1.01. The average Bonchev–Trinajstić information content (AvgIpc) is 2.18. The molecule has 0 bridgehead atoms. The predicted molar refractivity (Wildman–Crippen MR) is 55.3 cm³/mol. The van der Waals surface area contributed by atoms with E-state index >= 15 is 0 Å². The van der Waals surface area contributed by atoms with Gasteiger partial charge < -0.3 is 15.7 Å². The molecule has 3 N–H and O–H groups in total. The van der Waals surface area contributed by atoms with Gasteiger partial charge in [-0.1, -0.05) is 0 Å². The third-order valence-electron chi connectivity index (χ3n) is 1.75. The normalized spacial score (nSPS) is 9.79. The summed E-state index contributed by atoms with van der Waals surface area (Å²) in [4.78, 5) is 11.2. The highest BCUT2D eigenvalue weighted by molar-refractivity contribution is 5.90. The zero-order valence-corrected chi connectivity index (χ0v) is 8.08. The Kier molecular flexibility index (Phi) is 3.94. The summed E-state index contributed by atoms with van der Waals surface area (Å²) in [6.07, 6.45) is 0.442. The van der Waals surface area contributed by atoms with E-state index < -0.39 is 0 Å². The van der Waals surface area contributed by atoms with Crippen molar-refractivity contribution in [1.29, 1.82) is 0 Å². The highest BCUT2D eigenvalue weighted by Crippen LogP contribution is 2.13. The lowest BCUT2D eigenvalue weighted by molar-refractivity contribution is -0.116. The van der Waals surface area contributed by atoms with Crippen molar-refractivity contribution in [2.75, 3.05) is 18.9 Å². The van der Waals surface area contributed by atoms with Crippen molar-refractivity contribution in [1.82, 2.24) is 5.32 Å². The summed E-state index contributed by atoms with van der Waals surface area (Å²) in [5, 5.41) is 14.6. The molecule has 4 heteroatoms. The number of aromatic hydroxyl groups is 1. The van der Waals surface area contributed by atoms with Gasteiger partial charge in [0.25, 0.3) is 0 Å². The summed E-state index contributed by atoms with van der Waals surface area (Å²) < 4.78 is 0. The number of carbonyl (C=O) groups is 1. The Bertz CT molecular complexity index is 295. The molecule has 76 valence electrons. The van der Waals surface area contributed by atoms with E-state index in [1.165, 1.54) is 12.1 Å². The van der Waals surface area contributed by atoms with Crippen molar-refractivity contribution in [3.63, 3.8) is 0 Å². The maximum absolute atomic E-state index is 11.2. The van der Waals surface area contributed by atoms with Gasteiger partial charge in [0.1, 0.15) is 5.75 Å². The van der Waals surface area contributed by atoms with Crippen LogP contribution in [0.25, 0.3) is 0 Å². The molecule has 0 aliphatic heterocycles. The van der Waals surface area contributed by atoms with Crippen LogP contribution >= 0.6 is 0 Å². The molecular weight excluding hydrogens is 180 g/mol. The first kappa shape index (κ1) is 10.5. The number of nitrogens with one attached hydrogen (secondary N) is 2. The zero-order chi connectivity index (χ0) is 10.4. The first-order chi connectivity index (χ1) is 6.72. The van der Waals surface area contributed by atoms with E-state index in [2.05, 4.69) is 10.6 Å². The standard InChI is InChI=1S/C10H14N2O2/c1-11-7-6-10(14)12-8-2-4-9(13)5-3-8/h2-5,11,13H,6-7H2,1H3,(H,12,14). The van der Waals surface area contributed by atoms with Gasteiger partial charge >= 0.3 is 0 Å². The molecule has 1 rings (SSSR count). The summed E-state index contributed by atoms with van der Waals surface area (Å²) in [5.41, 5.74) is 0.698. The number of phenolic OH excluding ortho intramolecular Hbond substituents is 1. The van der Waals surface area contributed by atoms with Crippen molar-refractivity contribution >= 4 is 11.6 Å². The van der Waals surface area contributed by atoms with Crippen LogP contribution in [0.15, 0.2) is 24.3 Å². The third-order valence-corrected chi connectivity index (χ3v) is 1.75. The molecule has 1 aromatic rings. The van der Waals surface area contributed by atoms with E-state index in [1.807, 2.05) is 0 Å². The predicted octanol–water partition coefficient (Wildman–Crippen LogP) is 0.940. The molecule has 0 fully saturated rings. The molecule has 0 atom stereocenters. The molecular formula is C10H14N2O2. The molecule has 0 aliphatic carbocycles. The van der Waals surface area contributed by atoms with E-state index in [1.54, 1.807) is 19.2 Å². The second kappa shape index (κ2) is 5.24. The summed E-state index contributed by atoms with van der Waals surface area (Å²) in [6.45, 7) is 0.657. The number of phenols is 1. The van der Waals surface area contributed by atoms with Crippen LogP contribution in [0.2, 0.25) is 0 Å². The molecule has 0 saturated carbocycles. The monoisotopic (exact) mass is 194 g/mol. The lowest BCUT2D eigenvalue weighted by atomic mass is 10.3. The molecule has 0 radical (unpaired) electrons. The Labute approximate surface area is 82.9 Å². The van der Waals surface area contributed by atoms with Gasteiger partial charge in [0.05, 0.1) is 0 Å². The first-order valence-electron chi connectivity index (χ1n) is 4.46. The topological polar surface area (TPSA) is 61.4 Å². The second-order valence-corrected chi connectivity index (χ2v) is 2.95. The van der Waals surface area contributed by atoms with Gasteiger partial charge in [-0.25, -0.2) is 0 Å². The van der Waals surface area contributed by atoms with Crippen molar-refractivity contribution in [2.24, 2.45) is 0 Å². The molecule has 1 amide bonds. The molecule has 4 nitrogen and oxygen atoms in total. The largest absolute Gasteiger partial charge is 0.508 e. The highest BCUT2D eigenvalue weighted by atomic mass is 16.3. The van der Waals surface area contributed by atoms with Crippen LogP contribution in [-0.2, 0) is 4.79 Å². The maximum Gasteiger partial charge on any atom is 0.225 e. The van der Waals surface area contributed by atoms with E-state index in [0.717, 1.165) is 0 Å². The molecule has 14 heavy (non-hydrogen) atoms. The van der Waals surface area contributed by atoms with Crippen LogP contribution in [0.3, 0.4) is 0 Å². The minimum absolute atomic E-state index is 0.0370. The Hall–Kier alpha value is -1.55. The van der Waals surface area contributed by atoms with Crippen LogP contribution in [0.4, 0.5) is 5.69 Å². The number of rotatable bonds is 4. The SMILES string of the molecule is CNCCC(=O)Nc1ccc(O)cc1. The van der Waals surface area contributed by atoms with E-state index in [4.69, 9.17) is 5.11 Å². The molecule has 1 aromatic carbocycles. The molecule has 0 aromatic heterocycles. The van der Waals surface area contributed by atoms with Gasteiger partial charge in [0.2, 0.25) is 5.91 Å². The van der Waals surface area contributed by atoms with Gasteiger partial charge in [0, 0.05) is 18.7 Å². The number of anilines is 1. The molecule has 0 heterocycles. The van der Waals surface area contributed by atoms with Crippen molar-refractivity contribution in [3.05, 3.63) is 24.3 Å². The summed E-state index contributed by atoms with van der Waals surface area (Å²) in [6, 6.07) is 6.39. The number of hydrogen-bond acceptors (Lipinski definition) is 3. The Balaban J connectivity index is 2.44. The van der Waals surface area contributed by atoms with Gasteiger partial charge in [-0.3, -0.25) is 4.79 Å². The van der Waals surface area contributed by atoms with Gasteiger partial charge in [-0.2, -0.15) is 0 Å². The van der Waals surface area contributed by atoms with Crippen molar-refractivity contribution in [2.45, 2.75) is 6.42 Å². The van der Waals surface area contributed by atoms with Crippen LogP contribution in [0.1, 0.15) is 6.42 Å². The number of amides is 1. The van der Waals surface area contributed by atoms with Crippen LogP contribution in [0.5, 0.6) is 5.75 Å². The fourth-order valence-electron chi connectivity index (χ4n) is 1.01. The Morgan fingerprint density at radius 3 is 2.57 bits per heavy atom. The van der Waals surface area contributed by atoms with Crippen LogP contribution in [0, 0.1) is 0 Å². The van der Waals surface area contributed by atoms with Crippen LogP contribution in [-0.4, -0.2) is 24.6 Å². The minimum Gasteiger partial charge on any atom is -0.508 e. The Morgan fingerprint density at radius 1 is 1.36 bits per heavy atom. The third kappa shape index (κ3) is 3.45. The molecule has 0 spiro atoms. The average molecular weight is 194 g/mol. The summed E-state index contributed by atoms with van der Waals surface area (Å²) in [5.74, 6) is 0.156. The summed E-state index contributed by atoms with van der Waals surface area (Å²) in [7, 11) is 1.80. The number of carbonyl (C=O) groups excluding carboxylic acids is 1. The van der Waals surface area contributed by atoms with E-state index in [9.17, 15) is 4.79 Å². The second-order valence-electron chi connectivity index (χ2n) is 2.95. The maximum atomic E-state index is 11.2. The van der Waals surface area contributed by atoms with Gasteiger partial charge in [0.15, 0.2) is 0 Å². The summed E-state index contributed by atoms with van der Waals surface area (Å²) >= 11 is 0. The van der Waals surface area contributed by atoms with Crippen LogP contribution < -0.4 is 10.6 Å². The quantitative estimate of drug-likeness (QED) is 0.625. The van der Waals surface area contributed by atoms with Crippen molar-refractivity contribution < 1.29 is 9.90 Å². The smallest absolute Gasteiger partial charge is 0.225 e. The lowest BCUT2D eigenvalue weighted by Gasteiger charge is -2.04. The highest BCUT2D eigenvalue weighted by Gasteiger charge is 2.00. The Morgan fingerprint density at radius 2 is 2.00 bits per heavy atom. The lowest BCUT2D eigenvalue weighted by Crippen LogP contribution is -2.18. The number of benzene rings is 1. The minimum atomic E-state index is -0.0370. The van der Waals surface area contributed by atoms with Gasteiger partial charge in [-0.05, 0) is 31.3 Å². The van der Waals surface area contributed by atoms with Crippen molar-refractivity contribution in [3.8, 4) is 5.75 Å². The molecule has 0 saturated heterocycles. The zero-order valence-electron chi connectivity index (χ0n) is 8.08. The molecule has 0 aliphatic rings. The number of hydrogen-bond donors (Lipinski definition) is 3. The first-order valence-corrected chi connectivity index (χ1v) is 4.46.